The topological polar surface area (TPSA) is 98.6 Å². The Morgan fingerprint density at radius 1 is 1.30 bits per heavy atom. The number of thiophene rings is 1. The van der Waals surface area contributed by atoms with E-state index in [1.54, 1.807) is 5.38 Å². The molecule has 1 heterocycles. The zero-order valence-electron chi connectivity index (χ0n) is 10.6. The van der Waals surface area contributed by atoms with Gasteiger partial charge in [0.2, 0.25) is 0 Å². The molecular weight excluding hydrogens is 278 g/mol. The zero-order chi connectivity index (χ0) is 14.7. The summed E-state index contributed by atoms with van der Waals surface area (Å²) < 4.78 is 0. The summed E-state index contributed by atoms with van der Waals surface area (Å²) in [7, 11) is 0. The van der Waals surface area contributed by atoms with Crippen molar-refractivity contribution in [2.24, 2.45) is 10.7 Å². The zero-order valence-corrected chi connectivity index (χ0v) is 11.4. The molecule has 2 aromatic rings. The number of hydrogen-bond donors (Lipinski definition) is 1. The number of aryl methyl sites for hydroxylation is 1. The number of amidine groups is 1. The van der Waals surface area contributed by atoms with E-state index < -0.39 is 10.8 Å². The molecule has 0 bridgehead atoms. The molecule has 102 valence electrons. The van der Waals surface area contributed by atoms with Gasteiger partial charge in [-0.2, -0.15) is 4.99 Å². The van der Waals surface area contributed by atoms with Crippen molar-refractivity contribution in [1.82, 2.24) is 0 Å². The molecule has 2 N–H and O–H groups in total. The lowest BCUT2D eigenvalue weighted by Gasteiger charge is -2.00. The minimum atomic E-state index is -0.503. The van der Waals surface area contributed by atoms with Crippen LogP contribution in [0.2, 0.25) is 0 Å². The van der Waals surface area contributed by atoms with Crippen molar-refractivity contribution < 1.29 is 9.72 Å². The molecule has 6 nitrogen and oxygen atoms in total. The molecule has 0 fully saturated rings. The van der Waals surface area contributed by atoms with Crippen molar-refractivity contribution in [1.29, 1.82) is 0 Å². The van der Waals surface area contributed by atoms with Crippen LogP contribution in [0.4, 0.5) is 5.69 Å². The van der Waals surface area contributed by atoms with Crippen molar-refractivity contribution in [2.75, 3.05) is 0 Å². The van der Waals surface area contributed by atoms with Crippen LogP contribution in [0, 0.1) is 17.0 Å². The molecule has 0 aliphatic heterocycles. The van der Waals surface area contributed by atoms with E-state index >= 15 is 0 Å². The lowest BCUT2D eigenvalue weighted by molar-refractivity contribution is -0.384. The van der Waals surface area contributed by atoms with Crippen LogP contribution >= 0.6 is 11.3 Å². The van der Waals surface area contributed by atoms with Gasteiger partial charge in [-0.25, -0.2) is 0 Å². The maximum Gasteiger partial charge on any atom is 0.289 e. The van der Waals surface area contributed by atoms with Gasteiger partial charge in [0, 0.05) is 17.7 Å². The number of carbonyl (C=O) groups is 1. The number of nitrogens with two attached hydrogens (primary N) is 1. The van der Waals surface area contributed by atoms with Gasteiger partial charge in [-0.05, 0) is 36.1 Å². The fourth-order valence-electron chi connectivity index (χ4n) is 1.57. The third kappa shape index (κ3) is 2.89. The summed E-state index contributed by atoms with van der Waals surface area (Å²) in [4.78, 5) is 26.3. The van der Waals surface area contributed by atoms with Crippen molar-refractivity contribution in [3.05, 3.63) is 61.8 Å². The summed E-state index contributed by atoms with van der Waals surface area (Å²) in [5.74, 6) is -0.369. The number of rotatable bonds is 3. The molecule has 0 unspecified atom stereocenters. The van der Waals surface area contributed by atoms with Crippen molar-refractivity contribution in [2.45, 2.75) is 6.92 Å². The number of nitro benzene ring substituents is 1. The van der Waals surface area contributed by atoms with Crippen LogP contribution in [0.25, 0.3) is 0 Å². The Bertz CT molecular complexity index is 689. The van der Waals surface area contributed by atoms with Crippen LogP contribution in [-0.2, 0) is 0 Å². The van der Waals surface area contributed by atoms with Crippen molar-refractivity contribution >= 4 is 28.8 Å². The van der Waals surface area contributed by atoms with Crippen LogP contribution in [0.5, 0.6) is 0 Å². The molecule has 0 aliphatic carbocycles. The molecule has 1 aromatic heterocycles. The molecule has 1 amide bonds. The molecule has 0 radical (unpaired) electrons. The molecule has 7 heteroatoms. The van der Waals surface area contributed by atoms with Gasteiger partial charge in [0.05, 0.1) is 9.80 Å². The highest BCUT2D eigenvalue weighted by Crippen LogP contribution is 2.17. The van der Waals surface area contributed by atoms with Gasteiger partial charge in [-0.1, -0.05) is 0 Å². The van der Waals surface area contributed by atoms with Gasteiger partial charge >= 0.3 is 0 Å². The monoisotopic (exact) mass is 289 g/mol. The van der Waals surface area contributed by atoms with E-state index in [1.165, 1.54) is 35.6 Å². The van der Waals surface area contributed by atoms with Gasteiger partial charge in [0.25, 0.3) is 11.6 Å². The molecule has 0 spiro atoms. The molecule has 0 saturated carbocycles. The second-order valence-electron chi connectivity index (χ2n) is 4.04. The Morgan fingerprint density at radius 3 is 2.45 bits per heavy atom. The molecule has 2 rings (SSSR count). The predicted molar refractivity (Wildman–Crippen MR) is 77.2 cm³/mol. The average molecular weight is 289 g/mol. The average Bonchev–Trinajstić information content (AvgIpc) is 2.85. The highest BCUT2D eigenvalue weighted by molar-refractivity contribution is 7.12. The normalized spacial score (nSPS) is 11.3. The third-order valence-corrected chi connectivity index (χ3v) is 3.66. The first-order chi connectivity index (χ1) is 9.49. The summed E-state index contributed by atoms with van der Waals surface area (Å²) in [6.45, 7) is 1.82. The Balaban J connectivity index is 2.24. The van der Waals surface area contributed by atoms with E-state index in [1.807, 2.05) is 13.0 Å². The van der Waals surface area contributed by atoms with Crippen LogP contribution in [0.3, 0.4) is 0 Å². The minimum absolute atomic E-state index is 0.0395. The Morgan fingerprint density at radius 2 is 1.95 bits per heavy atom. The van der Waals surface area contributed by atoms with Crippen LogP contribution in [-0.4, -0.2) is 16.7 Å². The maximum atomic E-state index is 11.9. The van der Waals surface area contributed by atoms with Crippen molar-refractivity contribution in [3.8, 4) is 0 Å². The fraction of sp³-hybridized carbons (Fsp3) is 0.0769. The Labute approximate surface area is 118 Å². The summed E-state index contributed by atoms with van der Waals surface area (Å²) in [5.41, 5.74) is 7.02. The summed E-state index contributed by atoms with van der Waals surface area (Å²) >= 11 is 1.30. The SMILES string of the molecule is Cc1ccsc1C(=O)N=C(N)c1ccc([N+](=O)[O-])cc1. The molecule has 0 atom stereocenters. The van der Waals surface area contributed by atoms with E-state index in [9.17, 15) is 14.9 Å². The number of aliphatic imine (C=N–C) groups is 1. The Hall–Kier alpha value is -2.54. The summed E-state index contributed by atoms with van der Waals surface area (Å²) in [6.07, 6.45) is 0. The van der Waals surface area contributed by atoms with Crippen molar-refractivity contribution in [3.63, 3.8) is 0 Å². The number of nitro groups is 1. The van der Waals surface area contributed by atoms with Crippen LogP contribution in [0.15, 0.2) is 40.7 Å². The van der Waals surface area contributed by atoms with Crippen LogP contribution in [0.1, 0.15) is 20.8 Å². The van der Waals surface area contributed by atoms with E-state index in [4.69, 9.17) is 5.73 Å². The summed E-state index contributed by atoms with van der Waals surface area (Å²) in [5, 5.41) is 12.3. The van der Waals surface area contributed by atoms with Crippen LogP contribution < -0.4 is 5.73 Å². The van der Waals surface area contributed by atoms with Gasteiger partial charge in [0.15, 0.2) is 0 Å². The van der Waals surface area contributed by atoms with E-state index in [0.717, 1.165) is 5.56 Å². The second kappa shape index (κ2) is 5.62. The molecule has 0 aliphatic rings. The number of non-ortho nitro benzene ring substituents is 1. The quantitative estimate of drug-likeness (QED) is 0.406. The highest BCUT2D eigenvalue weighted by Gasteiger charge is 2.11. The predicted octanol–water partition coefficient (Wildman–Crippen LogP) is 2.51. The second-order valence-corrected chi connectivity index (χ2v) is 4.96. The third-order valence-electron chi connectivity index (χ3n) is 2.65. The van der Waals surface area contributed by atoms with E-state index in [-0.39, 0.29) is 11.5 Å². The van der Waals surface area contributed by atoms with E-state index in [2.05, 4.69) is 4.99 Å². The number of nitrogens with zero attached hydrogens (tertiary/aromatic N) is 2. The number of carbonyl (C=O) groups excluding carboxylic acids is 1. The Kier molecular flexibility index (Phi) is 3.90. The molecule has 0 saturated heterocycles. The first-order valence-electron chi connectivity index (χ1n) is 5.66. The fourth-order valence-corrected chi connectivity index (χ4v) is 2.38. The smallest absolute Gasteiger partial charge is 0.289 e. The number of hydrogen-bond acceptors (Lipinski definition) is 4. The standard InChI is InChI=1S/C13H11N3O3S/c1-8-6-7-20-11(8)13(17)15-12(14)9-2-4-10(5-3-9)16(18)19/h2-7H,1H3,(H2,14,15,17). The lowest BCUT2D eigenvalue weighted by atomic mass is 10.2. The highest BCUT2D eigenvalue weighted by atomic mass is 32.1. The number of amides is 1. The van der Waals surface area contributed by atoms with Gasteiger partial charge in [0.1, 0.15) is 5.84 Å². The first-order valence-corrected chi connectivity index (χ1v) is 6.54. The first kappa shape index (κ1) is 13.9. The van der Waals surface area contributed by atoms with E-state index in [0.29, 0.717) is 10.4 Å². The van der Waals surface area contributed by atoms with Gasteiger partial charge < -0.3 is 5.73 Å². The lowest BCUT2D eigenvalue weighted by Crippen LogP contribution is -2.15. The maximum absolute atomic E-state index is 11.9. The number of benzene rings is 1. The van der Waals surface area contributed by atoms with Gasteiger partial charge in [-0.15, -0.1) is 11.3 Å². The minimum Gasteiger partial charge on any atom is -0.383 e. The molecular formula is C13H11N3O3S. The molecule has 1 aromatic carbocycles. The van der Waals surface area contributed by atoms with Gasteiger partial charge in [-0.3, -0.25) is 14.9 Å². The molecule has 20 heavy (non-hydrogen) atoms. The largest absolute Gasteiger partial charge is 0.383 e. The summed E-state index contributed by atoms with van der Waals surface area (Å²) in [6, 6.07) is 7.39.